The van der Waals surface area contributed by atoms with Gasteiger partial charge in [-0.1, -0.05) is 0 Å². The number of rotatable bonds is 6. The number of nitrogens with one attached hydrogen (secondary N) is 1. The van der Waals surface area contributed by atoms with Crippen molar-refractivity contribution in [2.45, 2.75) is 6.04 Å². The molecular formula is C13H16BrNO5. The molecular weight excluding hydrogens is 330 g/mol. The summed E-state index contributed by atoms with van der Waals surface area (Å²) in [5.41, 5.74) is 0.370. The average Bonchev–Trinajstić information content (AvgIpc) is 2.46. The average molecular weight is 346 g/mol. The van der Waals surface area contributed by atoms with Crippen LogP contribution in [0.15, 0.2) is 22.7 Å². The minimum atomic E-state index is -0.854. The van der Waals surface area contributed by atoms with E-state index in [1.807, 2.05) is 0 Å². The van der Waals surface area contributed by atoms with E-state index in [-0.39, 0.29) is 6.61 Å². The lowest BCUT2D eigenvalue weighted by atomic mass is 10.2. The van der Waals surface area contributed by atoms with Gasteiger partial charge in [0, 0.05) is 12.7 Å². The molecule has 0 aromatic heterocycles. The van der Waals surface area contributed by atoms with Crippen molar-refractivity contribution in [1.82, 2.24) is 5.32 Å². The zero-order valence-corrected chi connectivity index (χ0v) is 13.0. The van der Waals surface area contributed by atoms with Crippen molar-refractivity contribution in [2.24, 2.45) is 0 Å². The molecule has 0 radical (unpaired) electrons. The fraction of sp³-hybridized carbons (Fsp3) is 0.385. The molecule has 1 aromatic carbocycles. The van der Waals surface area contributed by atoms with E-state index in [0.29, 0.717) is 11.3 Å². The first-order valence-corrected chi connectivity index (χ1v) is 6.54. The van der Waals surface area contributed by atoms with E-state index in [2.05, 4.69) is 26.0 Å². The third kappa shape index (κ3) is 4.21. The lowest BCUT2D eigenvalue weighted by Gasteiger charge is -2.16. The van der Waals surface area contributed by atoms with Crippen molar-refractivity contribution in [1.29, 1.82) is 0 Å². The maximum atomic E-state index is 12.1. The standard InChI is InChI=1S/C13H16BrNO5/c1-18-7-10(13(17)20-3)15-12(16)8-4-5-9(14)11(6-8)19-2/h4-6,10H,7H2,1-3H3,(H,15,16)/t10-/m0/s1. The molecule has 1 amide bonds. The number of esters is 1. The Morgan fingerprint density at radius 3 is 2.55 bits per heavy atom. The molecule has 0 aliphatic heterocycles. The second-order valence-corrected chi connectivity index (χ2v) is 4.71. The smallest absolute Gasteiger partial charge is 0.330 e. The number of amides is 1. The van der Waals surface area contributed by atoms with E-state index < -0.39 is 17.9 Å². The molecule has 20 heavy (non-hydrogen) atoms. The van der Waals surface area contributed by atoms with Gasteiger partial charge in [-0.25, -0.2) is 4.79 Å². The predicted molar refractivity (Wildman–Crippen MR) is 75.8 cm³/mol. The molecule has 0 fully saturated rings. The molecule has 110 valence electrons. The van der Waals surface area contributed by atoms with Crippen molar-refractivity contribution in [3.8, 4) is 5.75 Å². The summed E-state index contributed by atoms with van der Waals surface area (Å²) >= 11 is 3.30. The van der Waals surface area contributed by atoms with Crippen LogP contribution in [0, 0.1) is 0 Å². The van der Waals surface area contributed by atoms with E-state index >= 15 is 0 Å². The van der Waals surface area contributed by atoms with Crippen molar-refractivity contribution in [2.75, 3.05) is 27.9 Å². The van der Waals surface area contributed by atoms with Gasteiger partial charge in [0.05, 0.1) is 25.3 Å². The van der Waals surface area contributed by atoms with Gasteiger partial charge in [0.1, 0.15) is 5.75 Å². The van der Waals surface area contributed by atoms with Gasteiger partial charge in [-0.3, -0.25) is 4.79 Å². The molecule has 0 heterocycles. The zero-order chi connectivity index (χ0) is 15.1. The van der Waals surface area contributed by atoms with Gasteiger partial charge >= 0.3 is 5.97 Å². The van der Waals surface area contributed by atoms with Crippen molar-refractivity contribution in [3.63, 3.8) is 0 Å². The molecule has 7 heteroatoms. The highest BCUT2D eigenvalue weighted by atomic mass is 79.9. The third-order valence-corrected chi connectivity index (χ3v) is 3.19. The lowest BCUT2D eigenvalue weighted by Crippen LogP contribution is -2.44. The van der Waals surface area contributed by atoms with Crippen LogP contribution in [0.2, 0.25) is 0 Å². The molecule has 0 unspecified atom stereocenters. The number of hydrogen-bond acceptors (Lipinski definition) is 5. The summed E-state index contributed by atoms with van der Waals surface area (Å²) < 4.78 is 15.3. The molecule has 0 bridgehead atoms. The van der Waals surface area contributed by atoms with Gasteiger partial charge in [-0.15, -0.1) is 0 Å². The molecule has 1 atom stereocenters. The van der Waals surface area contributed by atoms with Gasteiger partial charge in [0.2, 0.25) is 0 Å². The molecule has 0 spiro atoms. The SMILES string of the molecule is COC[C@H](NC(=O)c1ccc(Br)c(OC)c1)C(=O)OC. The Morgan fingerprint density at radius 2 is 2.00 bits per heavy atom. The molecule has 0 aliphatic rings. The Labute approximate surface area is 125 Å². The van der Waals surface area contributed by atoms with Crippen molar-refractivity contribution >= 4 is 27.8 Å². The quantitative estimate of drug-likeness (QED) is 0.788. The molecule has 1 N–H and O–H groups in total. The summed E-state index contributed by atoms with van der Waals surface area (Å²) in [6.07, 6.45) is 0. The highest BCUT2D eigenvalue weighted by Crippen LogP contribution is 2.25. The maximum absolute atomic E-state index is 12.1. The second kappa shape index (κ2) is 7.86. The summed E-state index contributed by atoms with van der Waals surface area (Å²) in [7, 11) is 4.19. The van der Waals surface area contributed by atoms with E-state index in [0.717, 1.165) is 4.47 Å². The Balaban J connectivity index is 2.86. The third-order valence-electron chi connectivity index (χ3n) is 2.54. The number of ether oxygens (including phenoxy) is 3. The Hall–Kier alpha value is -1.60. The zero-order valence-electron chi connectivity index (χ0n) is 11.4. The monoisotopic (exact) mass is 345 g/mol. The van der Waals surface area contributed by atoms with Gasteiger partial charge in [-0.2, -0.15) is 0 Å². The van der Waals surface area contributed by atoms with Crippen molar-refractivity contribution < 1.29 is 23.8 Å². The van der Waals surface area contributed by atoms with Crippen LogP contribution in [0.4, 0.5) is 0 Å². The molecule has 0 saturated carbocycles. The number of benzene rings is 1. The minimum absolute atomic E-state index is 0.0338. The topological polar surface area (TPSA) is 73.9 Å². The fourth-order valence-corrected chi connectivity index (χ4v) is 1.93. The first-order valence-electron chi connectivity index (χ1n) is 5.74. The normalized spacial score (nSPS) is 11.6. The van der Waals surface area contributed by atoms with Gasteiger partial charge < -0.3 is 19.5 Å². The molecule has 6 nitrogen and oxygen atoms in total. The highest BCUT2D eigenvalue weighted by Gasteiger charge is 2.22. The summed E-state index contributed by atoms with van der Waals surface area (Å²) in [5, 5.41) is 2.55. The van der Waals surface area contributed by atoms with Crippen LogP contribution in [0.1, 0.15) is 10.4 Å². The summed E-state index contributed by atoms with van der Waals surface area (Å²) in [5.74, 6) is -0.452. The molecule has 0 aliphatic carbocycles. The summed E-state index contributed by atoms with van der Waals surface area (Å²) in [6, 6.07) is 4.02. The fourth-order valence-electron chi connectivity index (χ4n) is 1.52. The van der Waals surface area contributed by atoms with Gasteiger partial charge in [0.25, 0.3) is 5.91 Å². The van der Waals surface area contributed by atoms with Gasteiger partial charge in [0.15, 0.2) is 6.04 Å². The van der Waals surface area contributed by atoms with Crippen LogP contribution in [0.5, 0.6) is 5.75 Å². The Kier molecular flexibility index (Phi) is 6.47. The minimum Gasteiger partial charge on any atom is -0.496 e. The highest BCUT2D eigenvalue weighted by molar-refractivity contribution is 9.10. The number of halogens is 1. The number of hydrogen-bond donors (Lipinski definition) is 1. The number of carbonyl (C=O) groups is 2. The number of methoxy groups -OCH3 is 3. The molecule has 1 rings (SSSR count). The predicted octanol–water partition coefficient (Wildman–Crippen LogP) is 1.38. The van der Waals surface area contributed by atoms with E-state index in [1.165, 1.54) is 21.3 Å². The second-order valence-electron chi connectivity index (χ2n) is 3.85. The van der Waals surface area contributed by atoms with Crippen LogP contribution in [0.3, 0.4) is 0 Å². The van der Waals surface area contributed by atoms with Crippen LogP contribution in [-0.4, -0.2) is 45.9 Å². The first-order chi connectivity index (χ1) is 9.53. The maximum Gasteiger partial charge on any atom is 0.330 e. The number of carbonyl (C=O) groups excluding carboxylic acids is 2. The van der Waals surface area contributed by atoms with E-state index in [4.69, 9.17) is 9.47 Å². The summed E-state index contributed by atoms with van der Waals surface area (Å²) in [6.45, 7) is 0.0338. The van der Waals surface area contributed by atoms with E-state index in [9.17, 15) is 9.59 Å². The summed E-state index contributed by atoms with van der Waals surface area (Å²) in [4.78, 5) is 23.6. The Morgan fingerprint density at radius 1 is 1.30 bits per heavy atom. The van der Waals surface area contributed by atoms with Crippen molar-refractivity contribution in [3.05, 3.63) is 28.2 Å². The largest absolute Gasteiger partial charge is 0.496 e. The van der Waals surface area contributed by atoms with Gasteiger partial charge in [-0.05, 0) is 34.1 Å². The van der Waals surface area contributed by atoms with Crippen LogP contribution < -0.4 is 10.1 Å². The lowest BCUT2D eigenvalue weighted by molar-refractivity contribution is -0.144. The molecule has 1 aromatic rings. The van der Waals surface area contributed by atoms with Crippen LogP contribution in [0.25, 0.3) is 0 Å². The first kappa shape index (κ1) is 16.5. The Bertz CT molecular complexity index is 492. The molecule has 0 saturated heterocycles. The van der Waals surface area contributed by atoms with Crippen LogP contribution in [-0.2, 0) is 14.3 Å². The van der Waals surface area contributed by atoms with E-state index in [1.54, 1.807) is 18.2 Å². The van der Waals surface area contributed by atoms with Crippen LogP contribution >= 0.6 is 15.9 Å².